The lowest BCUT2D eigenvalue weighted by atomic mass is 10.1. The van der Waals surface area contributed by atoms with Crippen LogP contribution in [0.25, 0.3) is 21.5 Å². The number of carbonyl (C=O) groups is 1. The molecule has 0 unspecified atom stereocenters. The van der Waals surface area contributed by atoms with Gasteiger partial charge >= 0.3 is 0 Å². The normalized spacial score (nSPS) is 10.9. The number of aryl methyl sites for hydroxylation is 1. The molecule has 6 nitrogen and oxygen atoms in total. The van der Waals surface area contributed by atoms with Crippen molar-refractivity contribution in [3.63, 3.8) is 0 Å². The largest absolute Gasteiger partial charge is 0.352 e. The lowest BCUT2D eigenvalue weighted by Gasteiger charge is -2.06. The van der Waals surface area contributed by atoms with E-state index in [1.165, 1.54) is 11.3 Å². The number of fused-ring (bicyclic) bond motifs is 1. The number of rotatable bonds is 6. The summed E-state index contributed by atoms with van der Waals surface area (Å²) in [6, 6.07) is 13.2. The van der Waals surface area contributed by atoms with Crippen LogP contribution in [-0.2, 0) is 17.8 Å². The van der Waals surface area contributed by atoms with Gasteiger partial charge in [-0.1, -0.05) is 18.2 Å². The number of benzene rings is 1. The maximum absolute atomic E-state index is 12.2. The lowest BCUT2D eigenvalue weighted by Crippen LogP contribution is -2.26. The number of hydrogen-bond acceptors (Lipinski definition) is 5. The van der Waals surface area contributed by atoms with E-state index in [4.69, 9.17) is 0 Å². The Morgan fingerprint density at radius 1 is 1.18 bits per heavy atom. The van der Waals surface area contributed by atoms with Crippen molar-refractivity contribution >= 4 is 28.1 Å². The van der Waals surface area contributed by atoms with E-state index in [9.17, 15) is 9.59 Å². The fourth-order valence-electron chi connectivity index (χ4n) is 2.89. The molecule has 0 aliphatic heterocycles. The summed E-state index contributed by atoms with van der Waals surface area (Å²) in [6.45, 7) is 0.205. The van der Waals surface area contributed by atoms with Crippen LogP contribution in [0.3, 0.4) is 0 Å². The average Bonchev–Trinajstić information content (AvgIpc) is 3.20. The molecule has 0 bridgehead atoms. The van der Waals surface area contributed by atoms with Crippen LogP contribution in [0.4, 0.5) is 0 Å². The van der Waals surface area contributed by atoms with Crippen LogP contribution in [-0.4, -0.2) is 20.9 Å². The van der Waals surface area contributed by atoms with Crippen molar-refractivity contribution in [1.82, 2.24) is 20.3 Å². The smallest absolute Gasteiger partial charge is 0.253 e. The predicted molar refractivity (Wildman–Crippen MR) is 110 cm³/mol. The molecule has 0 fully saturated rings. The number of carbonyl (C=O) groups excluding carboxylic acids is 1. The van der Waals surface area contributed by atoms with Gasteiger partial charge in [-0.2, -0.15) is 0 Å². The molecule has 28 heavy (non-hydrogen) atoms. The van der Waals surface area contributed by atoms with Crippen molar-refractivity contribution in [2.75, 3.05) is 0 Å². The Kier molecular flexibility index (Phi) is 5.25. The van der Waals surface area contributed by atoms with Gasteiger partial charge in [0.1, 0.15) is 5.01 Å². The zero-order chi connectivity index (χ0) is 19.3. The minimum Gasteiger partial charge on any atom is -0.352 e. The van der Waals surface area contributed by atoms with E-state index >= 15 is 0 Å². The van der Waals surface area contributed by atoms with Crippen molar-refractivity contribution in [3.05, 3.63) is 81.8 Å². The Balaban J connectivity index is 1.34. The van der Waals surface area contributed by atoms with E-state index in [2.05, 4.69) is 20.3 Å². The summed E-state index contributed by atoms with van der Waals surface area (Å²) in [5.41, 5.74) is 3.00. The second kappa shape index (κ2) is 8.14. The van der Waals surface area contributed by atoms with Gasteiger partial charge < -0.3 is 10.3 Å². The average molecular weight is 390 g/mol. The van der Waals surface area contributed by atoms with Gasteiger partial charge in [0.2, 0.25) is 5.91 Å². The molecule has 0 aliphatic rings. The number of aromatic amines is 1. The third kappa shape index (κ3) is 4.15. The molecule has 0 aliphatic carbocycles. The zero-order valence-corrected chi connectivity index (χ0v) is 15.8. The standard InChI is InChI=1S/C21H18N4O2S/c26-19(8-7-17-13-28-21(24-17)15-5-3-9-22-11-15)23-12-16-10-14-4-1-2-6-18(14)25-20(16)27/h1-6,9-11,13H,7-8,12H2,(H,23,26)(H,25,27). The molecule has 1 amide bonds. The Morgan fingerprint density at radius 2 is 2.07 bits per heavy atom. The number of para-hydroxylation sites is 1. The highest BCUT2D eigenvalue weighted by Crippen LogP contribution is 2.23. The summed E-state index contributed by atoms with van der Waals surface area (Å²) in [4.78, 5) is 35.8. The van der Waals surface area contributed by atoms with Gasteiger partial charge in [0, 0.05) is 47.4 Å². The minimum absolute atomic E-state index is 0.108. The highest BCUT2D eigenvalue weighted by atomic mass is 32.1. The van der Waals surface area contributed by atoms with Crippen molar-refractivity contribution in [2.45, 2.75) is 19.4 Å². The second-order valence-corrected chi connectivity index (χ2v) is 7.23. The van der Waals surface area contributed by atoms with Gasteiger partial charge in [-0.25, -0.2) is 4.98 Å². The molecule has 0 saturated carbocycles. The number of nitrogens with one attached hydrogen (secondary N) is 2. The van der Waals surface area contributed by atoms with Gasteiger partial charge in [-0.15, -0.1) is 11.3 Å². The molecule has 7 heteroatoms. The van der Waals surface area contributed by atoms with Crippen molar-refractivity contribution in [1.29, 1.82) is 0 Å². The maximum atomic E-state index is 12.2. The molecule has 0 radical (unpaired) electrons. The summed E-state index contributed by atoms with van der Waals surface area (Å²) in [6.07, 6.45) is 4.37. The first kappa shape index (κ1) is 18.1. The Morgan fingerprint density at radius 3 is 2.93 bits per heavy atom. The van der Waals surface area contributed by atoms with E-state index in [1.54, 1.807) is 12.4 Å². The quantitative estimate of drug-likeness (QED) is 0.529. The van der Waals surface area contributed by atoms with Crippen LogP contribution >= 0.6 is 11.3 Å². The Hall–Kier alpha value is -3.32. The van der Waals surface area contributed by atoms with E-state index in [1.807, 2.05) is 47.8 Å². The van der Waals surface area contributed by atoms with Crippen LogP contribution in [0.15, 0.2) is 65.0 Å². The Labute approximate surface area is 165 Å². The summed E-state index contributed by atoms with van der Waals surface area (Å²) >= 11 is 1.54. The van der Waals surface area contributed by atoms with Gasteiger partial charge in [0.05, 0.1) is 5.69 Å². The monoisotopic (exact) mass is 390 g/mol. The third-order valence-electron chi connectivity index (χ3n) is 4.37. The fourth-order valence-corrected chi connectivity index (χ4v) is 3.74. The fraction of sp³-hybridized carbons (Fsp3) is 0.143. The highest BCUT2D eigenvalue weighted by molar-refractivity contribution is 7.13. The molecular formula is C21H18N4O2S. The van der Waals surface area contributed by atoms with Gasteiger partial charge in [0.25, 0.3) is 5.56 Å². The number of pyridine rings is 2. The van der Waals surface area contributed by atoms with Crippen molar-refractivity contribution in [2.24, 2.45) is 0 Å². The second-order valence-electron chi connectivity index (χ2n) is 6.37. The number of amides is 1. The lowest BCUT2D eigenvalue weighted by molar-refractivity contribution is -0.121. The summed E-state index contributed by atoms with van der Waals surface area (Å²) < 4.78 is 0. The summed E-state index contributed by atoms with van der Waals surface area (Å²) in [5.74, 6) is -0.108. The van der Waals surface area contributed by atoms with Crippen LogP contribution < -0.4 is 10.9 Å². The molecule has 0 spiro atoms. The first-order chi connectivity index (χ1) is 13.7. The SMILES string of the molecule is O=C(CCc1csc(-c2cccnc2)n1)NCc1cc2ccccc2[nH]c1=O. The van der Waals surface area contributed by atoms with E-state index in [0.29, 0.717) is 18.4 Å². The van der Waals surface area contributed by atoms with Crippen LogP contribution in [0.1, 0.15) is 17.7 Å². The van der Waals surface area contributed by atoms with Crippen molar-refractivity contribution in [3.8, 4) is 10.6 Å². The molecule has 4 aromatic rings. The molecular weight excluding hydrogens is 372 g/mol. The molecule has 0 atom stereocenters. The number of nitrogens with zero attached hydrogens (tertiary/aromatic N) is 2. The number of aromatic nitrogens is 3. The topological polar surface area (TPSA) is 87.7 Å². The number of thiazole rings is 1. The van der Waals surface area contributed by atoms with Gasteiger partial charge in [0.15, 0.2) is 0 Å². The molecule has 1 aromatic carbocycles. The molecule has 0 saturated heterocycles. The predicted octanol–water partition coefficient (Wildman–Crippen LogP) is 3.30. The number of H-pyrrole nitrogens is 1. The van der Waals surface area contributed by atoms with Crippen LogP contribution in [0.2, 0.25) is 0 Å². The van der Waals surface area contributed by atoms with Crippen molar-refractivity contribution < 1.29 is 4.79 Å². The van der Waals surface area contributed by atoms with Gasteiger partial charge in [-0.3, -0.25) is 14.6 Å². The molecule has 4 rings (SSSR count). The summed E-state index contributed by atoms with van der Waals surface area (Å²) in [5, 5.41) is 6.62. The summed E-state index contributed by atoms with van der Waals surface area (Å²) in [7, 11) is 0. The third-order valence-corrected chi connectivity index (χ3v) is 5.31. The molecule has 3 aromatic heterocycles. The molecule has 2 N–H and O–H groups in total. The van der Waals surface area contributed by atoms with Crippen LogP contribution in [0.5, 0.6) is 0 Å². The zero-order valence-electron chi connectivity index (χ0n) is 15.0. The molecule has 3 heterocycles. The highest BCUT2D eigenvalue weighted by Gasteiger charge is 2.09. The Bertz CT molecular complexity index is 1170. The number of hydrogen-bond donors (Lipinski definition) is 2. The van der Waals surface area contributed by atoms with Crippen LogP contribution in [0, 0.1) is 0 Å². The van der Waals surface area contributed by atoms with Gasteiger partial charge in [-0.05, 0) is 36.1 Å². The maximum Gasteiger partial charge on any atom is 0.253 e. The first-order valence-electron chi connectivity index (χ1n) is 8.91. The van der Waals surface area contributed by atoms with E-state index < -0.39 is 0 Å². The molecule has 140 valence electrons. The minimum atomic E-state index is -0.181. The first-order valence-corrected chi connectivity index (χ1v) is 9.79. The van der Waals surface area contributed by atoms with E-state index in [0.717, 1.165) is 27.2 Å². The van der Waals surface area contributed by atoms with E-state index in [-0.39, 0.29) is 18.0 Å².